The molecule has 5 rings (SSSR count). The van der Waals surface area contributed by atoms with E-state index in [1.807, 2.05) is 50.3 Å². The van der Waals surface area contributed by atoms with Crippen molar-refractivity contribution >= 4 is 23.4 Å². The van der Waals surface area contributed by atoms with Gasteiger partial charge in [-0.1, -0.05) is 57.4 Å². The van der Waals surface area contributed by atoms with Crippen molar-refractivity contribution in [3.8, 4) is 0 Å². The Morgan fingerprint density at radius 2 is 1.79 bits per heavy atom. The van der Waals surface area contributed by atoms with Crippen LogP contribution in [0.1, 0.15) is 77.7 Å². The molecule has 1 aromatic rings. The highest BCUT2D eigenvalue weighted by Gasteiger charge is 2.72. The number of fused-ring (bicyclic) bond motifs is 1. The average Bonchev–Trinajstić information content (AvgIpc) is 3.54. The topological polar surface area (TPSA) is 97.0 Å². The van der Waals surface area contributed by atoms with Gasteiger partial charge in [0.1, 0.15) is 11.6 Å². The van der Waals surface area contributed by atoms with Crippen LogP contribution in [0, 0.1) is 11.8 Å². The second-order valence-corrected chi connectivity index (χ2v) is 12.1. The number of nitrogens with one attached hydrogen (secondary N) is 2. The molecule has 1 saturated carbocycles. The number of carbonyl (C=O) groups is 3. The Kier molecular flexibility index (Phi) is 8.15. The fourth-order valence-corrected chi connectivity index (χ4v) is 6.77. The number of benzene rings is 1. The van der Waals surface area contributed by atoms with Crippen LogP contribution in [0.4, 0.5) is 5.69 Å². The molecule has 2 N–H and O–H groups in total. The van der Waals surface area contributed by atoms with Gasteiger partial charge in [-0.3, -0.25) is 14.4 Å². The standard InChI is InChI=1S/C31H43N3O5/c1-19(2)21-11-13-23(14-12-21)32-28(35)25-24-15-16-31(39-24)26(25)30(37)34(17-8-18-38-20(3)4)27(31)29(36)33-22-9-6-5-7-10-22/h11-16,19-20,22,24-27H,5-10,17-18H2,1-4H3,(H,32,35)(H,33,36)/t24-,25+,26-,27+,31-/m0/s1. The molecule has 2 bridgehead atoms. The van der Waals surface area contributed by atoms with E-state index in [9.17, 15) is 14.4 Å². The van der Waals surface area contributed by atoms with Gasteiger partial charge in [0.05, 0.1) is 24.0 Å². The van der Waals surface area contributed by atoms with Crippen LogP contribution in [0.15, 0.2) is 36.4 Å². The van der Waals surface area contributed by atoms with Gasteiger partial charge < -0.3 is 25.0 Å². The Morgan fingerprint density at radius 3 is 2.46 bits per heavy atom. The first-order chi connectivity index (χ1) is 18.7. The molecule has 3 aliphatic heterocycles. The first-order valence-electron chi connectivity index (χ1n) is 14.7. The largest absolute Gasteiger partial charge is 0.379 e. The lowest BCUT2D eigenvalue weighted by molar-refractivity contribution is -0.141. The Morgan fingerprint density at radius 1 is 1.08 bits per heavy atom. The molecule has 5 atom stereocenters. The van der Waals surface area contributed by atoms with Crippen molar-refractivity contribution in [2.24, 2.45) is 11.8 Å². The number of hydrogen-bond donors (Lipinski definition) is 2. The molecule has 0 radical (unpaired) electrons. The highest BCUT2D eigenvalue weighted by atomic mass is 16.5. The molecule has 212 valence electrons. The number of amides is 3. The minimum Gasteiger partial charge on any atom is -0.379 e. The molecule has 1 spiro atoms. The molecule has 1 aromatic carbocycles. The molecule has 1 aliphatic carbocycles. The van der Waals surface area contributed by atoms with E-state index in [-0.39, 0.29) is 29.9 Å². The first-order valence-corrected chi connectivity index (χ1v) is 14.7. The zero-order chi connectivity index (χ0) is 27.7. The highest BCUT2D eigenvalue weighted by molar-refractivity contribution is 6.02. The Hall–Kier alpha value is -2.71. The van der Waals surface area contributed by atoms with Gasteiger partial charge in [-0.15, -0.1) is 0 Å². The van der Waals surface area contributed by atoms with Crippen molar-refractivity contribution in [2.45, 2.75) is 102 Å². The van der Waals surface area contributed by atoms with Crippen LogP contribution in [-0.4, -0.2) is 65.7 Å². The summed E-state index contributed by atoms with van der Waals surface area (Å²) in [6.45, 7) is 9.06. The fourth-order valence-electron chi connectivity index (χ4n) is 6.77. The van der Waals surface area contributed by atoms with Gasteiger partial charge in [-0.25, -0.2) is 0 Å². The van der Waals surface area contributed by atoms with Crippen LogP contribution in [0.3, 0.4) is 0 Å². The zero-order valence-corrected chi connectivity index (χ0v) is 23.7. The SMILES string of the molecule is CC(C)OCCCN1C(=O)[C@@H]2[C@H](C(=O)Nc3ccc(C(C)C)cc3)[C@@H]3C=C[C@@]2(O3)[C@H]1C(=O)NC1CCCCC1. The maximum Gasteiger partial charge on any atom is 0.246 e. The number of anilines is 1. The number of ether oxygens (including phenoxy) is 2. The third-order valence-electron chi connectivity index (χ3n) is 8.72. The number of hydrogen-bond acceptors (Lipinski definition) is 5. The molecule has 39 heavy (non-hydrogen) atoms. The Balaban J connectivity index is 1.37. The molecule has 3 fully saturated rings. The molecule has 3 amide bonds. The fraction of sp³-hybridized carbons (Fsp3) is 0.645. The molecule has 8 nitrogen and oxygen atoms in total. The van der Waals surface area contributed by atoms with E-state index in [1.165, 1.54) is 12.0 Å². The predicted molar refractivity (Wildman–Crippen MR) is 149 cm³/mol. The summed E-state index contributed by atoms with van der Waals surface area (Å²) in [6, 6.07) is 7.10. The molecular weight excluding hydrogens is 494 g/mol. The number of carbonyl (C=O) groups excluding carboxylic acids is 3. The number of likely N-dealkylation sites (tertiary alicyclic amines) is 1. The predicted octanol–water partition coefficient (Wildman–Crippen LogP) is 4.16. The summed E-state index contributed by atoms with van der Waals surface area (Å²) in [5, 5.41) is 6.24. The first kappa shape index (κ1) is 27.8. The van der Waals surface area contributed by atoms with Crippen LogP contribution < -0.4 is 10.6 Å². The maximum absolute atomic E-state index is 14.0. The van der Waals surface area contributed by atoms with Crippen molar-refractivity contribution in [3.05, 3.63) is 42.0 Å². The summed E-state index contributed by atoms with van der Waals surface area (Å²) in [4.78, 5) is 43.1. The van der Waals surface area contributed by atoms with Crippen molar-refractivity contribution in [3.63, 3.8) is 0 Å². The highest BCUT2D eigenvalue weighted by Crippen LogP contribution is 2.55. The van der Waals surface area contributed by atoms with Crippen LogP contribution >= 0.6 is 0 Å². The van der Waals surface area contributed by atoms with Gasteiger partial charge in [0.15, 0.2) is 0 Å². The average molecular weight is 538 g/mol. The summed E-state index contributed by atoms with van der Waals surface area (Å²) < 4.78 is 12.2. The molecule has 0 unspecified atom stereocenters. The maximum atomic E-state index is 14.0. The Bertz CT molecular complexity index is 1090. The van der Waals surface area contributed by atoms with Crippen molar-refractivity contribution in [1.29, 1.82) is 0 Å². The van der Waals surface area contributed by atoms with E-state index in [0.29, 0.717) is 31.2 Å². The van der Waals surface area contributed by atoms with E-state index in [2.05, 4.69) is 24.5 Å². The van der Waals surface area contributed by atoms with Gasteiger partial charge in [0.25, 0.3) is 0 Å². The second kappa shape index (κ2) is 11.4. The zero-order valence-electron chi connectivity index (χ0n) is 23.7. The lowest BCUT2D eigenvalue weighted by Gasteiger charge is -2.34. The third-order valence-corrected chi connectivity index (χ3v) is 8.72. The van der Waals surface area contributed by atoms with Gasteiger partial charge in [-0.2, -0.15) is 0 Å². The number of nitrogens with zero attached hydrogens (tertiary/aromatic N) is 1. The minimum absolute atomic E-state index is 0.0900. The van der Waals surface area contributed by atoms with E-state index in [0.717, 1.165) is 25.7 Å². The summed E-state index contributed by atoms with van der Waals surface area (Å²) in [7, 11) is 0. The van der Waals surface area contributed by atoms with Gasteiger partial charge in [0, 0.05) is 24.9 Å². The van der Waals surface area contributed by atoms with Gasteiger partial charge in [-0.05, 0) is 56.7 Å². The summed E-state index contributed by atoms with van der Waals surface area (Å²) in [5.41, 5.74) is 0.737. The lowest BCUT2D eigenvalue weighted by Crippen LogP contribution is -2.56. The summed E-state index contributed by atoms with van der Waals surface area (Å²) in [6.07, 6.45) is 9.17. The molecule has 4 aliphatic rings. The minimum atomic E-state index is -1.14. The second-order valence-electron chi connectivity index (χ2n) is 12.1. The molecular formula is C31H43N3O5. The van der Waals surface area contributed by atoms with Crippen LogP contribution in [0.25, 0.3) is 0 Å². The Labute approximate surface area is 231 Å². The lowest BCUT2D eigenvalue weighted by atomic mass is 9.74. The summed E-state index contributed by atoms with van der Waals surface area (Å²) in [5.74, 6) is -1.67. The van der Waals surface area contributed by atoms with Crippen LogP contribution in [-0.2, 0) is 23.9 Å². The quantitative estimate of drug-likeness (QED) is 0.345. The van der Waals surface area contributed by atoms with Crippen LogP contribution in [0.5, 0.6) is 0 Å². The normalized spacial score (nSPS) is 29.9. The van der Waals surface area contributed by atoms with E-state index in [1.54, 1.807) is 4.90 Å². The molecule has 8 heteroatoms. The van der Waals surface area contributed by atoms with E-state index in [4.69, 9.17) is 9.47 Å². The van der Waals surface area contributed by atoms with E-state index >= 15 is 0 Å². The summed E-state index contributed by atoms with van der Waals surface area (Å²) >= 11 is 0. The third kappa shape index (κ3) is 5.38. The van der Waals surface area contributed by atoms with Crippen molar-refractivity contribution in [1.82, 2.24) is 10.2 Å². The van der Waals surface area contributed by atoms with Gasteiger partial charge >= 0.3 is 0 Å². The molecule has 2 saturated heterocycles. The smallest absolute Gasteiger partial charge is 0.246 e. The molecule has 3 heterocycles. The van der Waals surface area contributed by atoms with Gasteiger partial charge in [0.2, 0.25) is 17.7 Å². The number of rotatable bonds is 10. The molecule has 0 aromatic heterocycles. The van der Waals surface area contributed by atoms with Crippen molar-refractivity contribution < 1.29 is 23.9 Å². The van der Waals surface area contributed by atoms with Crippen molar-refractivity contribution in [2.75, 3.05) is 18.5 Å². The van der Waals surface area contributed by atoms with E-state index < -0.39 is 29.6 Å². The van der Waals surface area contributed by atoms with Crippen LogP contribution in [0.2, 0.25) is 0 Å². The monoisotopic (exact) mass is 537 g/mol.